The van der Waals surface area contributed by atoms with Gasteiger partial charge in [0.2, 0.25) is 24.1 Å². The number of halogens is 2. The molecule has 3 aromatic carbocycles. The zero-order chi connectivity index (χ0) is 37.6. The molecule has 11 nitrogen and oxygen atoms in total. The molecule has 4 amide bonds. The van der Waals surface area contributed by atoms with Gasteiger partial charge in [-0.3, -0.25) is 19.2 Å². The van der Waals surface area contributed by atoms with Gasteiger partial charge in [-0.2, -0.15) is 0 Å². The highest BCUT2D eigenvalue weighted by atomic mass is 19.3. The number of ether oxygens (including phenoxy) is 1. The van der Waals surface area contributed by atoms with Crippen molar-refractivity contribution in [2.24, 2.45) is 5.92 Å². The number of carbonyl (C=O) groups is 5. The Balaban J connectivity index is 1.51. The normalized spacial score (nSPS) is 16.6. The molecule has 4 atom stereocenters. The summed E-state index contributed by atoms with van der Waals surface area (Å²) in [5, 5.41) is 16.9. The summed E-state index contributed by atoms with van der Waals surface area (Å²) in [6.07, 6.45) is -5.03. The lowest BCUT2D eigenvalue weighted by Crippen LogP contribution is -2.56. The topological polar surface area (TPSA) is 154 Å². The molecule has 1 saturated heterocycles. The van der Waals surface area contributed by atoms with E-state index in [0.717, 1.165) is 22.3 Å². The summed E-state index contributed by atoms with van der Waals surface area (Å²) in [5.74, 6) is -3.89. The Morgan fingerprint density at radius 3 is 2.19 bits per heavy atom. The molecule has 1 heterocycles. The van der Waals surface area contributed by atoms with E-state index in [9.17, 15) is 37.9 Å². The van der Waals surface area contributed by atoms with Gasteiger partial charge in [-0.25, -0.2) is 13.6 Å². The number of carbonyl (C=O) groups excluding carboxylic acids is 4. The van der Waals surface area contributed by atoms with Crippen molar-refractivity contribution in [1.82, 2.24) is 20.9 Å². The lowest BCUT2D eigenvalue weighted by Gasteiger charge is -2.29. The van der Waals surface area contributed by atoms with Gasteiger partial charge < -0.3 is 30.7 Å². The van der Waals surface area contributed by atoms with Crippen LogP contribution in [0.4, 0.5) is 13.6 Å². The molecule has 0 aliphatic carbocycles. The third-order valence-corrected chi connectivity index (χ3v) is 8.79. The standard InChI is InChI=1S/C39H46F2N4O7/c1-25(2)24-52-39(51)44-31(17-18-35(46)47)38(50)45-23-29(26-11-5-3-6-12-26)21-33(45)37(49)43-32(22-34(40)41)36(48)42-20-19-28-15-9-10-16-30(28)27-13-7-4-8-14-27/h3-16,25,29,31-34H,17-24H2,1-2H3,(H,42,48)(H,43,49)(H,44,51)(H,46,47)/t29-,31+,32+,33+/m1/s1. The highest BCUT2D eigenvalue weighted by Gasteiger charge is 2.43. The molecule has 0 unspecified atom stereocenters. The van der Waals surface area contributed by atoms with E-state index in [-0.39, 0.29) is 44.4 Å². The monoisotopic (exact) mass is 720 g/mol. The number of likely N-dealkylation sites (tertiary alicyclic amines) is 1. The number of alkyl carbamates (subject to hydrolysis) is 1. The molecule has 1 aliphatic heterocycles. The van der Waals surface area contributed by atoms with Crippen LogP contribution in [0.5, 0.6) is 0 Å². The molecule has 1 aliphatic rings. The molecule has 1 fully saturated rings. The van der Waals surface area contributed by atoms with Crippen LogP contribution in [-0.2, 0) is 30.3 Å². The van der Waals surface area contributed by atoms with Crippen molar-refractivity contribution in [3.63, 3.8) is 0 Å². The number of hydrogen-bond acceptors (Lipinski definition) is 6. The molecule has 0 radical (unpaired) electrons. The molecule has 0 aromatic heterocycles. The Labute approximate surface area is 302 Å². The maximum absolute atomic E-state index is 14.0. The number of benzene rings is 3. The fourth-order valence-corrected chi connectivity index (χ4v) is 6.21. The summed E-state index contributed by atoms with van der Waals surface area (Å²) in [6.45, 7) is 3.85. The van der Waals surface area contributed by atoms with E-state index in [1.807, 2.05) is 86.6 Å². The van der Waals surface area contributed by atoms with Crippen LogP contribution in [0.25, 0.3) is 11.1 Å². The lowest BCUT2D eigenvalue weighted by molar-refractivity contribution is -0.142. The summed E-state index contributed by atoms with van der Waals surface area (Å²) in [6, 6.07) is 22.3. The number of amides is 4. The van der Waals surface area contributed by atoms with E-state index < -0.39 is 67.2 Å². The van der Waals surface area contributed by atoms with Crippen molar-refractivity contribution >= 4 is 29.8 Å². The van der Waals surface area contributed by atoms with Crippen molar-refractivity contribution in [3.8, 4) is 11.1 Å². The van der Waals surface area contributed by atoms with Gasteiger partial charge in [-0.1, -0.05) is 98.8 Å². The Bertz CT molecular complexity index is 1660. The predicted octanol–water partition coefficient (Wildman–Crippen LogP) is 5.15. The van der Waals surface area contributed by atoms with Gasteiger partial charge in [0.25, 0.3) is 0 Å². The van der Waals surface area contributed by atoms with E-state index >= 15 is 0 Å². The lowest BCUT2D eigenvalue weighted by atomic mass is 9.96. The summed E-state index contributed by atoms with van der Waals surface area (Å²) in [7, 11) is 0. The van der Waals surface area contributed by atoms with Crippen LogP contribution in [0, 0.1) is 5.92 Å². The molecule has 0 bridgehead atoms. The Kier molecular flexibility index (Phi) is 14.7. The Hall–Kier alpha value is -5.33. The predicted molar refractivity (Wildman–Crippen MR) is 190 cm³/mol. The average Bonchev–Trinajstić information content (AvgIpc) is 3.58. The average molecular weight is 721 g/mol. The molecule has 0 saturated carbocycles. The zero-order valence-corrected chi connectivity index (χ0v) is 29.3. The van der Waals surface area contributed by atoms with Crippen LogP contribution >= 0.6 is 0 Å². The maximum Gasteiger partial charge on any atom is 0.407 e. The third-order valence-electron chi connectivity index (χ3n) is 8.79. The van der Waals surface area contributed by atoms with Gasteiger partial charge in [0.05, 0.1) is 6.61 Å². The summed E-state index contributed by atoms with van der Waals surface area (Å²) < 4.78 is 32.7. The molecule has 4 N–H and O–H groups in total. The minimum Gasteiger partial charge on any atom is -0.481 e. The van der Waals surface area contributed by atoms with Gasteiger partial charge in [-0.05, 0) is 47.4 Å². The number of nitrogens with zero attached hydrogens (tertiary/aromatic N) is 1. The smallest absolute Gasteiger partial charge is 0.407 e. The third kappa shape index (κ3) is 11.6. The van der Waals surface area contributed by atoms with Crippen LogP contribution in [0.15, 0.2) is 84.9 Å². The van der Waals surface area contributed by atoms with Crippen LogP contribution in [0.1, 0.15) is 56.6 Å². The van der Waals surface area contributed by atoms with E-state index in [4.69, 9.17) is 4.74 Å². The SMILES string of the molecule is CC(C)COC(=O)N[C@@H](CCC(=O)O)C(=O)N1C[C@H](c2ccccc2)C[C@H]1C(=O)N[C@@H](CC(F)F)C(=O)NCCc1ccccc1-c1ccccc1. The molecule has 13 heteroatoms. The van der Waals surface area contributed by atoms with E-state index in [1.165, 1.54) is 4.90 Å². The van der Waals surface area contributed by atoms with Gasteiger partial charge in [-0.15, -0.1) is 0 Å². The first-order valence-electron chi connectivity index (χ1n) is 17.4. The van der Waals surface area contributed by atoms with Crippen LogP contribution in [-0.4, -0.2) is 84.0 Å². The van der Waals surface area contributed by atoms with E-state index in [0.29, 0.717) is 6.42 Å². The van der Waals surface area contributed by atoms with E-state index in [1.54, 1.807) is 12.1 Å². The summed E-state index contributed by atoms with van der Waals surface area (Å²) >= 11 is 0. The van der Waals surface area contributed by atoms with Crippen LogP contribution < -0.4 is 16.0 Å². The van der Waals surface area contributed by atoms with Gasteiger partial charge in [0.1, 0.15) is 18.1 Å². The van der Waals surface area contributed by atoms with Gasteiger partial charge in [0.15, 0.2) is 0 Å². The number of carboxylic acid groups (broad SMARTS) is 1. The Morgan fingerprint density at radius 2 is 1.54 bits per heavy atom. The number of carboxylic acids is 1. The molecule has 3 aromatic rings. The molecular formula is C39H46F2N4O7. The van der Waals surface area contributed by atoms with Gasteiger partial charge in [0, 0.05) is 31.8 Å². The first-order chi connectivity index (χ1) is 24.9. The Morgan fingerprint density at radius 1 is 0.885 bits per heavy atom. The van der Waals surface area contributed by atoms with Crippen molar-refractivity contribution in [2.75, 3.05) is 19.7 Å². The second-order valence-corrected chi connectivity index (χ2v) is 13.2. The minimum absolute atomic E-state index is 0.000643. The molecular weight excluding hydrogens is 674 g/mol. The largest absolute Gasteiger partial charge is 0.481 e. The highest BCUT2D eigenvalue weighted by molar-refractivity contribution is 5.94. The second-order valence-electron chi connectivity index (χ2n) is 13.2. The highest BCUT2D eigenvalue weighted by Crippen LogP contribution is 2.33. The summed E-state index contributed by atoms with van der Waals surface area (Å²) in [4.78, 5) is 66.4. The van der Waals surface area contributed by atoms with Crippen molar-refractivity contribution in [2.45, 2.75) is 76.4 Å². The number of nitrogens with one attached hydrogen (secondary N) is 3. The minimum atomic E-state index is -2.92. The molecule has 278 valence electrons. The zero-order valence-electron chi connectivity index (χ0n) is 29.3. The van der Waals surface area contributed by atoms with Crippen molar-refractivity contribution in [1.29, 1.82) is 0 Å². The van der Waals surface area contributed by atoms with Crippen LogP contribution in [0.2, 0.25) is 0 Å². The number of hydrogen-bond donors (Lipinski definition) is 4. The van der Waals surface area contributed by atoms with Gasteiger partial charge >= 0.3 is 12.1 Å². The van der Waals surface area contributed by atoms with Crippen molar-refractivity contribution in [3.05, 3.63) is 96.1 Å². The van der Waals surface area contributed by atoms with Crippen molar-refractivity contribution < 1.29 is 42.6 Å². The molecule has 52 heavy (non-hydrogen) atoms. The second kappa shape index (κ2) is 19.3. The molecule has 0 spiro atoms. The first-order valence-corrected chi connectivity index (χ1v) is 17.4. The number of rotatable bonds is 17. The van der Waals surface area contributed by atoms with E-state index in [2.05, 4.69) is 16.0 Å². The fourth-order valence-electron chi connectivity index (χ4n) is 6.21. The maximum atomic E-state index is 14.0. The fraction of sp³-hybridized carbons (Fsp3) is 0.410. The summed E-state index contributed by atoms with van der Waals surface area (Å²) in [5.41, 5.74) is 3.72. The number of aliphatic carboxylic acids is 1. The molecule has 4 rings (SSSR count). The quantitative estimate of drug-likeness (QED) is 0.150. The van der Waals surface area contributed by atoms with Crippen LogP contribution in [0.3, 0.4) is 0 Å². The number of alkyl halides is 2. The first kappa shape index (κ1) is 39.5.